The van der Waals surface area contributed by atoms with Crippen LogP contribution in [0.1, 0.15) is 34.2 Å². The van der Waals surface area contributed by atoms with Crippen LogP contribution in [-0.2, 0) is 0 Å². The Labute approximate surface area is 140 Å². The van der Waals surface area contributed by atoms with Gasteiger partial charge < -0.3 is 4.90 Å². The van der Waals surface area contributed by atoms with Gasteiger partial charge in [0.05, 0.1) is 10.9 Å². The van der Waals surface area contributed by atoms with Crippen LogP contribution in [0.25, 0.3) is 9.88 Å². The maximum Gasteiger partial charge on any atom is 0.273 e. The fourth-order valence-electron chi connectivity index (χ4n) is 2.82. The third-order valence-electron chi connectivity index (χ3n) is 3.84. The van der Waals surface area contributed by atoms with Crippen molar-refractivity contribution in [1.82, 2.24) is 9.88 Å². The normalized spacial score (nSPS) is 18.0. The molecule has 0 N–H and O–H groups in total. The van der Waals surface area contributed by atoms with Gasteiger partial charge in [0.2, 0.25) is 0 Å². The SMILES string of the molecule is O=C(c1csc(-c2cccs2)n1)N1CCCC1c1cccs1. The predicted octanol–water partition coefficient (Wildman–Crippen LogP) is 4.91. The van der Waals surface area contributed by atoms with Gasteiger partial charge >= 0.3 is 0 Å². The fourth-order valence-corrected chi connectivity index (χ4v) is 5.30. The van der Waals surface area contributed by atoms with Gasteiger partial charge in [-0.2, -0.15) is 0 Å². The van der Waals surface area contributed by atoms with Gasteiger partial charge in [-0.3, -0.25) is 4.79 Å². The van der Waals surface area contributed by atoms with Crippen molar-refractivity contribution >= 4 is 39.9 Å². The first kappa shape index (κ1) is 14.1. The van der Waals surface area contributed by atoms with Crippen LogP contribution < -0.4 is 0 Å². The molecule has 1 atom stereocenters. The van der Waals surface area contributed by atoms with Crippen molar-refractivity contribution in [3.05, 3.63) is 51.0 Å². The van der Waals surface area contributed by atoms with E-state index in [1.807, 2.05) is 27.8 Å². The lowest BCUT2D eigenvalue weighted by molar-refractivity contribution is 0.0733. The van der Waals surface area contributed by atoms with Gasteiger partial charge in [0.1, 0.15) is 10.7 Å². The highest BCUT2D eigenvalue weighted by Gasteiger charge is 2.32. The standard InChI is InChI=1S/C16H14N2OS3/c19-16(11-10-22-15(17-11)14-6-3-9-21-14)18-7-1-4-12(18)13-5-2-8-20-13/h2-3,5-6,8-10,12H,1,4,7H2. The Bertz CT molecular complexity index is 761. The number of hydrogen-bond acceptors (Lipinski definition) is 5. The van der Waals surface area contributed by atoms with E-state index in [4.69, 9.17) is 0 Å². The molecule has 1 aliphatic heterocycles. The largest absolute Gasteiger partial charge is 0.329 e. The Kier molecular flexibility index (Phi) is 3.82. The van der Waals surface area contributed by atoms with E-state index in [2.05, 4.69) is 22.5 Å². The summed E-state index contributed by atoms with van der Waals surface area (Å²) in [6, 6.07) is 8.45. The Hall–Kier alpha value is -1.50. The van der Waals surface area contributed by atoms with Crippen molar-refractivity contribution in [2.24, 2.45) is 0 Å². The minimum Gasteiger partial charge on any atom is -0.329 e. The molecule has 4 rings (SSSR count). The van der Waals surface area contributed by atoms with Crippen molar-refractivity contribution < 1.29 is 4.79 Å². The van der Waals surface area contributed by atoms with E-state index in [0.29, 0.717) is 5.69 Å². The molecule has 1 aliphatic rings. The molecular formula is C16H14N2OS3. The van der Waals surface area contributed by atoms with Crippen molar-refractivity contribution in [1.29, 1.82) is 0 Å². The van der Waals surface area contributed by atoms with Crippen LogP contribution in [0, 0.1) is 0 Å². The molecule has 3 aromatic rings. The van der Waals surface area contributed by atoms with Crippen molar-refractivity contribution in [2.75, 3.05) is 6.54 Å². The van der Waals surface area contributed by atoms with Crippen molar-refractivity contribution in [3.8, 4) is 9.88 Å². The molecule has 0 aromatic carbocycles. The zero-order valence-corrected chi connectivity index (χ0v) is 14.2. The average molecular weight is 347 g/mol. The second-order valence-corrected chi connectivity index (χ2v) is 7.97. The maximum absolute atomic E-state index is 12.8. The number of likely N-dealkylation sites (tertiary alicyclic amines) is 1. The smallest absolute Gasteiger partial charge is 0.273 e. The summed E-state index contributed by atoms with van der Waals surface area (Å²) in [5.74, 6) is 0.0648. The molecule has 112 valence electrons. The van der Waals surface area contributed by atoms with Crippen molar-refractivity contribution in [3.63, 3.8) is 0 Å². The molecule has 1 amide bonds. The van der Waals surface area contributed by atoms with Crippen LogP contribution in [0.2, 0.25) is 0 Å². The molecule has 0 bridgehead atoms. The Morgan fingerprint density at radius 2 is 2.05 bits per heavy atom. The highest BCUT2D eigenvalue weighted by Crippen LogP contribution is 2.36. The molecule has 3 nitrogen and oxygen atoms in total. The van der Waals surface area contributed by atoms with E-state index in [-0.39, 0.29) is 11.9 Å². The molecule has 4 heterocycles. The highest BCUT2D eigenvalue weighted by molar-refractivity contribution is 7.20. The first-order chi connectivity index (χ1) is 10.8. The third-order valence-corrected chi connectivity index (χ3v) is 6.70. The van der Waals surface area contributed by atoms with Crippen LogP contribution in [0.4, 0.5) is 0 Å². The fraction of sp³-hybridized carbons (Fsp3) is 0.250. The topological polar surface area (TPSA) is 33.2 Å². The zero-order valence-electron chi connectivity index (χ0n) is 11.8. The number of hydrogen-bond donors (Lipinski definition) is 0. The zero-order chi connectivity index (χ0) is 14.9. The number of thiophene rings is 2. The predicted molar refractivity (Wildman–Crippen MR) is 92.8 cm³/mol. The monoisotopic (exact) mass is 346 g/mol. The number of thiazole rings is 1. The van der Waals surface area contributed by atoms with E-state index in [1.54, 1.807) is 34.0 Å². The van der Waals surface area contributed by atoms with Crippen LogP contribution in [0.15, 0.2) is 40.4 Å². The first-order valence-electron chi connectivity index (χ1n) is 7.17. The summed E-state index contributed by atoms with van der Waals surface area (Å²) < 4.78 is 0. The molecular weight excluding hydrogens is 332 g/mol. The summed E-state index contributed by atoms with van der Waals surface area (Å²) in [5, 5.41) is 6.94. The van der Waals surface area contributed by atoms with E-state index < -0.39 is 0 Å². The van der Waals surface area contributed by atoms with Gasteiger partial charge in [0.25, 0.3) is 5.91 Å². The Morgan fingerprint density at radius 1 is 1.18 bits per heavy atom. The van der Waals surface area contributed by atoms with E-state index in [1.165, 1.54) is 4.88 Å². The number of amides is 1. The van der Waals surface area contributed by atoms with Gasteiger partial charge in [-0.15, -0.1) is 34.0 Å². The van der Waals surface area contributed by atoms with Crippen LogP contribution >= 0.6 is 34.0 Å². The van der Waals surface area contributed by atoms with Gasteiger partial charge in [-0.1, -0.05) is 12.1 Å². The van der Waals surface area contributed by atoms with Gasteiger partial charge in [0, 0.05) is 16.8 Å². The molecule has 3 aromatic heterocycles. The highest BCUT2D eigenvalue weighted by atomic mass is 32.1. The first-order valence-corrected chi connectivity index (χ1v) is 9.80. The quantitative estimate of drug-likeness (QED) is 0.675. The molecule has 1 saturated heterocycles. The second-order valence-electron chi connectivity index (χ2n) is 5.19. The van der Waals surface area contributed by atoms with Crippen LogP contribution in [-0.4, -0.2) is 22.3 Å². The molecule has 22 heavy (non-hydrogen) atoms. The number of nitrogens with zero attached hydrogens (tertiary/aromatic N) is 2. The maximum atomic E-state index is 12.8. The summed E-state index contributed by atoms with van der Waals surface area (Å²) in [6.45, 7) is 0.827. The molecule has 1 fully saturated rings. The lowest BCUT2D eigenvalue weighted by Crippen LogP contribution is -2.30. The molecule has 6 heteroatoms. The number of rotatable bonds is 3. The van der Waals surface area contributed by atoms with Crippen LogP contribution in [0.3, 0.4) is 0 Å². The number of carbonyl (C=O) groups excluding carboxylic acids is 1. The van der Waals surface area contributed by atoms with Gasteiger partial charge in [-0.05, 0) is 35.7 Å². The molecule has 0 saturated carbocycles. The summed E-state index contributed by atoms with van der Waals surface area (Å²) >= 11 is 4.93. The molecule has 0 aliphatic carbocycles. The van der Waals surface area contributed by atoms with E-state index >= 15 is 0 Å². The Balaban J connectivity index is 1.59. The van der Waals surface area contributed by atoms with E-state index in [9.17, 15) is 4.79 Å². The summed E-state index contributed by atoms with van der Waals surface area (Å²) in [4.78, 5) is 21.8. The lowest BCUT2D eigenvalue weighted by Gasteiger charge is -2.22. The molecule has 0 radical (unpaired) electrons. The minimum absolute atomic E-state index is 0.0648. The number of aromatic nitrogens is 1. The Morgan fingerprint density at radius 3 is 2.82 bits per heavy atom. The molecule has 1 unspecified atom stereocenters. The van der Waals surface area contributed by atoms with Crippen molar-refractivity contribution in [2.45, 2.75) is 18.9 Å². The van der Waals surface area contributed by atoms with Gasteiger partial charge in [-0.25, -0.2) is 4.98 Å². The second kappa shape index (κ2) is 5.95. The summed E-state index contributed by atoms with van der Waals surface area (Å²) in [6.07, 6.45) is 2.12. The number of carbonyl (C=O) groups is 1. The van der Waals surface area contributed by atoms with Gasteiger partial charge in [0.15, 0.2) is 0 Å². The average Bonchev–Trinajstić information content (AvgIpc) is 3.35. The van der Waals surface area contributed by atoms with E-state index in [0.717, 1.165) is 29.3 Å². The third kappa shape index (κ3) is 2.51. The summed E-state index contributed by atoms with van der Waals surface area (Å²) in [7, 11) is 0. The minimum atomic E-state index is 0.0648. The van der Waals surface area contributed by atoms with Crippen LogP contribution in [0.5, 0.6) is 0 Å². The summed E-state index contributed by atoms with van der Waals surface area (Å²) in [5.41, 5.74) is 0.580. The lowest BCUT2D eigenvalue weighted by atomic mass is 10.2. The molecule has 0 spiro atoms.